The minimum Gasteiger partial charge on any atom is -0.379 e. The highest BCUT2D eigenvalue weighted by Gasteiger charge is 2.31. The monoisotopic (exact) mass is 370 g/mol. The summed E-state index contributed by atoms with van der Waals surface area (Å²) in [6.45, 7) is 5.62. The van der Waals surface area contributed by atoms with Gasteiger partial charge in [-0.25, -0.2) is 0 Å². The molecule has 2 atom stereocenters. The van der Waals surface area contributed by atoms with E-state index in [1.807, 2.05) is 25.1 Å². The number of carbonyl (C=O) groups is 1. The lowest BCUT2D eigenvalue weighted by molar-refractivity contribution is -0.126. The summed E-state index contributed by atoms with van der Waals surface area (Å²) in [6.07, 6.45) is 3.14. The molecular weight excluding hydrogens is 340 g/mol. The first-order chi connectivity index (χ1) is 11.7. The van der Waals surface area contributed by atoms with Gasteiger partial charge in [0.2, 0.25) is 5.91 Å². The molecule has 0 aromatic heterocycles. The molecule has 2 rings (SSSR count). The van der Waals surface area contributed by atoms with Gasteiger partial charge < -0.3 is 20.5 Å². The predicted molar refractivity (Wildman–Crippen MR) is 102 cm³/mol. The van der Waals surface area contributed by atoms with Crippen LogP contribution in [0.2, 0.25) is 0 Å². The van der Waals surface area contributed by atoms with Gasteiger partial charge in [-0.3, -0.25) is 4.79 Å². The molecule has 0 bridgehead atoms. The number of carbonyl (C=O) groups excluding carboxylic acids is 1. The summed E-state index contributed by atoms with van der Waals surface area (Å²) in [5, 5.41) is 3.06. The van der Waals surface area contributed by atoms with Crippen LogP contribution >= 0.6 is 12.4 Å². The molecular formula is C19H31ClN2O3. The van der Waals surface area contributed by atoms with Crippen molar-refractivity contribution in [3.8, 4) is 0 Å². The average Bonchev–Trinajstić information content (AvgIpc) is 3.09. The fourth-order valence-electron chi connectivity index (χ4n) is 3.27. The van der Waals surface area contributed by atoms with E-state index in [0.717, 1.165) is 30.4 Å². The van der Waals surface area contributed by atoms with Crippen LogP contribution in [0.5, 0.6) is 0 Å². The van der Waals surface area contributed by atoms with Gasteiger partial charge in [0.1, 0.15) is 0 Å². The molecule has 3 N–H and O–H groups in total. The molecule has 0 aliphatic heterocycles. The average molecular weight is 371 g/mol. The van der Waals surface area contributed by atoms with Gasteiger partial charge in [-0.2, -0.15) is 0 Å². The van der Waals surface area contributed by atoms with Crippen molar-refractivity contribution >= 4 is 18.3 Å². The van der Waals surface area contributed by atoms with E-state index in [0.29, 0.717) is 45.4 Å². The van der Waals surface area contributed by atoms with Crippen LogP contribution in [0.4, 0.5) is 0 Å². The Morgan fingerprint density at radius 3 is 2.76 bits per heavy atom. The van der Waals surface area contributed by atoms with E-state index >= 15 is 0 Å². The van der Waals surface area contributed by atoms with Crippen LogP contribution in [0.15, 0.2) is 24.3 Å². The van der Waals surface area contributed by atoms with Crippen LogP contribution in [0, 0.1) is 11.8 Å². The number of hydrogen-bond donors (Lipinski definition) is 2. The van der Waals surface area contributed by atoms with Gasteiger partial charge in [0, 0.05) is 19.1 Å². The molecule has 0 radical (unpaired) electrons. The normalized spacial score (nSPS) is 19.4. The van der Waals surface area contributed by atoms with Crippen LogP contribution in [-0.2, 0) is 27.4 Å². The van der Waals surface area contributed by atoms with E-state index in [1.165, 1.54) is 0 Å². The fraction of sp³-hybridized carbons (Fsp3) is 0.632. The largest absolute Gasteiger partial charge is 0.379 e. The fourth-order valence-corrected chi connectivity index (χ4v) is 3.27. The van der Waals surface area contributed by atoms with Crippen LogP contribution in [0.1, 0.15) is 37.3 Å². The molecule has 1 fully saturated rings. The highest BCUT2D eigenvalue weighted by molar-refractivity contribution is 5.85. The second kappa shape index (κ2) is 12.3. The number of amides is 1. The van der Waals surface area contributed by atoms with E-state index in [4.69, 9.17) is 15.2 Å². The van der Waals surface area contributed by atoms with Crippen molar-refractivity contribution in [1.82, 2.24) is 5.32 Å². The summed E-state index contributed by atoms with van der Waals surface area (Å²) in [5.41, 5.74) is 7.97. The number of rotatable bonds is 10. The Labute approximate surface area is 157 Å². The molecule has 5 nitrogen and oxygen atoms in total. The summed E-state index contributed by atoms with van der Waals surface area (Å²) in [7, 11) is 0. The quantitative estimate of drug-likeness (QED) is 0.621. The summed E-state index contributed by atoms with van der Waals surface area (Å²) in [6, 6.07) is 8.14. The third kappa shape index (κ3) is 7.32. The molecule has 1 aliphatic rings. The Morgan fingerprint density at radius 1 is 1.24 bits per heavy atom. The standard InChI is InChI=1S/C19H30N2O3.ClH/c1-2-23-9-10-24-14-16-6-3-5-15(11-16)13-21-19(22)18-8-4-7-17(18)12-20;/h3,5-6,11,17-18H,2,4,7-10,12-14,20H2,1H3,(H,21,22);1H/t17-,18-;/m1./s1. The molecule has 1 aliphatic carbocycles. The zero-order chi connectivity index (χ0) is 17.2. The first-order valence-corrected chi connectivity index (χ1v) is 8.95. The first-order valence-electron chi connectivity index (χ1n) is 8.95. The smallest absolute Gasteiger partial charge is 0.223 e. The second-order valence-corrected chi connectivity index (χ2v) is 6.32. The number of halogens is 1. The predicted octanol–water partition coefficient (Wildman–Crippen LogP) is 2.65. The third-order valence-corrected chi connectivity index (χ3v) is 4.60. The van der Waals surface area contributed by atoms with Gasteiger partial charge in [0.05, 0.1) is 19.8 Å². The SMILES string of the molecule is CCOCCOCc1cccc(CNC(=O)[C@@H]2CCC[C@@H]2CN)c1.Cl. The van der Waals surface area contributed by atoms with Gasteiger partial charge in [-0.1, -0.05) is 30.7 Å². The van der Waals surface area contributed by atoms with Crippen LogP contribution in [0.3, 0.4) is 0 Å². The molecule has 0 unspecified atom stereocenters. The van der Waals surface area contributed by atoms with E-state index in [1.54, 1.807) is 0 Å². The highest BCUT2D eigenvalue weighted by atomic mass is 35.5. The van der Waals surface area contributed by atoms with E-state index in [2.05, 4.69) is 11.4 Å². The van der Waals surface area contributed by atoms with E-state index in [-0.39, 0.29) is 24.2 Å². The minimum atomic E-state index is 0. The molecule has 0 heterocycles. The molecule has 25 heavy (non-hydrogen) atoms. The molecule has 1 aromatic carbocycles. The lowest BCUT2D eigenvalue weighted by Gasteiger charge is -2.17. The lowest BCUT2D eigenvalue weighted by atomic mass is 9.95. The Balaban J connectivity index is 0.00000312. The zero-order valence-corrected chi connectivity index (χ0v) is 15.9. The number of benzene rings is 1. The first kappa shape index (κ1) is 21.9. The Kier molecular flexibility index (Phi) is 10.7. The van der Waals surface area contributed by atoms with Gasteiger partial charge in [0.15, 0.2) is 0 Å². The number of hydrogen-bond acceptors (Lipinski definition) is 4. The molecule has 1 amide bonds. The van der Waals surface area contributed by atoms with Crippen LogP contribution < -0.4 is 11.1 Å². The van der Waals surface area contributed by atoms with Crippen molar-refractivity contribution in [1.29, 1.82) is 0 Å². The molecule has 0 spiro atoms. The number of nitrogens with two attached hydrogens (primary N) is 1. The molecule has 1 aromatic rings. The molecule has 6 heteroatoms. The van der Waals surface area contributed by atoms with Crippen molar-refractivity contribution in [2.75, 3.05) is 26.4 Å². The Hall–Kier alpha value is -1.14. The highest BCUT2D eigenvalue weighted by Crippen LogP contribution is 2.30. The maximum absolute atomic E-state index is 12.3. The van der Waals surface area contributed by atoms with Crippen molar-refractivity contribution in [2.24, 2.45) is 17.6 Å². The lowest BCUT2D eigenvalue weighted by Crippen LogP contribution is -2.34. The summed E-state index contributed by atoms with van der Waals surface area (Å²) < 4.78 is 10.8. The Morgan fingerprint density at radius 2 is 2.00 bits per heavy atom. The summed E-state index contributed by atoms with van der Waals surface area (Å²) >= 11 is 0. The second-order valence-electron chi connectivity index (χ2n) is 6.32. The summed E-state index contributed by atoms with van der Waals surface area (Å²) in [4.78, 5) is 12.3. The van der Waals surface area contributed by atoms with Crippen molar-refractivity contribution in [2.45, 2.75) is 39.3 Å². The Bertz CT molecular complexity index is 513. The zero-order valence-electron chi connectivity index (χ0n) is 15.0. The molecule has 142 valence electrons. The van der Waals surface area contributed by atoms with E-state index in [9.17, 15) is 4.79 Å². The number of ether oxygens (including phenoxy) is 2. The maximum atomic E-state index is 12.3. The number of nitrogens with one attached hydrogen (secondary N) is 1. The van der Waals surface area contributed by atoms with Gasteiger partial charge in [-0.05, 0) is 43.4 Å². The maximum Gasteiger partial charge on any atom is 0.223 e. The van der Waals surface area contributed by atoms with Gasteiger partial charge in [-0.15, -0.1) is 12.4 Å². The van der Waals surface area contributed by atoms with Gasteiger partial charge in [0.25, 0.3) is 0 Å². The van der Waals surface area contributed by atoms with E-state index < -0.39 is 0 Å². The third-order valence-electron chi connectivity index (χ3n) is 4.60. The van der Waals surface area contributed by atoms with Crippen LogP contribution in [-0.4, -0.2) is 32.3 Å². The minimum absolute atomic E-state index is 0. The molecule has 0 saturated heterocycles. The van der Waals surface area contributed by atoms with Crippen LogP contribution in [0.25, 0.3) is 0 Å². The topological polar surface area (TPSA) is 73.6 Å². The van der Waals surface area contributed by atoms with Crippen molar-refractivity contribution in [3.63, 3.8) is 0 Å². The molecule has 1 saturated carbocycles. The van der Waals surface area contributed by atoms with Crippen molar-refractivity contribution < 1.29 is 14.3 Å². The van der Waals surface area contributed by atoms with Gasteiger partial charge >= 0.3 is 0 Å². The summed E-state index contributed by atoms with van der Waals surface area (Å²) in [5.74, 6) is 0.566. The van der Waals surface area contributed by atoms with Crippen molar-refractivity contribution in [3.05, 3.63) is 35.4 Å².